The normalized spacial score (nSPS) is 11.7. The molecule has 0 fully saturated rings. The number of carbonyl (C=O) groups excluding carboxylic acids is 2. The fraction of sp³-hybridized carbons (Fsp3) is 0.300. The van der Waals surface area contributed by atoms with E-state index in [-0.39, 0.29) is 22.9 Å². The molecule has 2 N–H and O–H groups in total. The average molecular weight is 374 g/mol. The summed E-state index contributed by atoms with van der Waals surface area (Å²) in [6.45, 7) is 3.85. The van der Waals surface area contributed by atoms with E-state index in [1.54, 1.807) is 6.92 Å². The fourth-order valence-corrected chi connectivity index (χ4v) is 3.17. The molecule has 0 aliphatic heterocycles. The van der Waals surface area contributed by atoms with Gasteiger partial charge in [-0.2, -0.15) is 0 Å². The Kier molecular flexibility index (Phi) is 7.66. The lowest BCUT2D eigenvalue weighted by atomic mass is 10.2. The minimum absolute atomic E-state index is 0.00361. The lowest BCUT2D eigenvalue weighted by molar-refractivity contribution is -0.116. The molecule has 1 unspecified atom stereocenters. The molecule has 2 aromatic rings. The van der Waals surface area contributed by atoms with Crippen LogP contribution in [0.4, 0.5) is 15.8 Å². The summed E-state index contributed by atoms with van der Waals surface area (Å²) in [5.41, 5.74) is 1.28. The van der Waals surface area contributed by atoms with E-state index in [1.807, 2.05) is 31.2 Å². The standard InChI is InChI=1S/C20H23FN2O2S/c1-3-4-8-19(24)22-17-6-5-7-18(13-17)26-14(2)20(25)23-16-11-9-15(21)10-12-16/h5-7,9-14H,3-4,8H2,1-2H3,(H,22,24)(H,23,25). The Bertz CT molecular complexity index is 750. The molecule has 2 aromatic carbocycles. The molecule has 0 saturated carbocycles. The Morgan fingerprint density at radius 2 is 1.81 bits per heavy atom. The Labute approximate surface area is 157 Å². The molecular formula is C20H23FN2O2S. The van der Waals surface area contributed by atoms with E-state index >= 15 is 0 Å². The van der Waals surface area contributed by atoms with Crippen LogP contribution in [0.5, 0.6) is 0 Å². The molecule has 6 heteroatoms. The lowest BCUT2D eigenvalue weighted by Crippen LogP contribution is -2.22. The largest absolute Gasteiger partial charge is 0.326 e. The zero-order valence-corrected chi connectivity index (χ0v) is 15.7. The highest BCUT2D eigenvalue weighted by molar-refractivity contribution is 8.00. The second-order valence-corrected chi connectivity index (χ2v) is 7.35. The number of rotatable bonds is 8. The predicted molar refractivity (Wildman–Crippen MR) is 105 cm³/mol. The van der Waals surface area contributed by atoms with Gasteiger partial charge in [-0.3, -0.25) is 9.59 Å². The first-order chi connectivity index (χ1) is 12.5. The van der Waals surface area contributed by atoms with Crippen LogP contribution < -0.4 is 10.6 Å². The van der Waals surface area contributed by atoms with Gasteiger partial charge in [0.25, 0.3) is 0 Å². The van der Waals surface area contributed by atoms with E-state index in [0.717, 1.165) is 23.4 Å². The molecule has 0 aliphatic rings. The minimum atomic E-state index is -0.344. The van der Waals surface area contributed by atoms with Gasteiger partial charge in [-0.1, -0.05) is 19.4 Å². The molecule has 0 spiro atoms. The van der Waals surface area contributed by atoms with Crippen molar-refractivity contribution in [2.75, 3.05) is 10.6 Å². The van der Waals surface area contributed by atoms with Crippen LogP contribution >= 0.6 is 11.8 Å². The molecule has 4 nitrogen and oxygen atoms in total. The number of benzene rings is 2. The van der Waals surface area contributed by atoms with Crippen LogP contribution in [-0.4, -0.2) is 17.1 Å². The van der Waals surface area contributed by atoms with Gasteiger partial charge in [0.1, 0.15) is 5.82 Å². The number of amides is 2. The van der Waals surface area contributed by atoms with Gasteiger partial charge in [0.05, 0.1) is 5.25 Å². The van der Waals surface area contributed by atoms with Crippen LogP contribution in [0.25, 0.3) is 0 Å². The summed E-state index contributed by atoms with van der Waals surface area (Å²) in [7, 11) is 0. The first kappa shape index (κ1) is 20.0. The maximum atomic E-state index is 12.9. The van der Waals surface area contributed by atoms with Crippen molar-refractivity contribution in [1.82, 2.24) is 0 Å². The van der Waals surface area contributed by atoms with Gasteiger partial charge in [0, 0.05) is 22.7 Å². The van der Waals surface area contributed by atoms with Gasteiger partial charge in [-0.25, -0.2) is 4.39 Å². The summed E-state index contributed by atoms with van der Waals surface area (Å²) in [4.78, 5) is 25.0. The maximum Gasteiger partial charge on any atom is 0.237 e. The summed E-state index contributed by atoms with van der Waals surface area (Å²) in [5, 5.41) is 5.30. The molecule has 0 aromatic heterocycles. The van der Waals surface area contributed by atoms with Crippen LogP contribution in [0.1, 0.15) is 33.1 Å². The zero-order chi connectivity index (χ0) is 18.9. The Morgan fingerprint density at radius 3 is 2.50 bits per heavy atom. The van der Waals surface area contributed by atoms with Crippen molar-refractivity contribution in [1.29, 1.82) is 0 Å². The second kappa shape index (κ2) is 9.97. The van der Waals surface area contributed by atoms with E-state index in [0.29, 0.717) is 12.1 Å². The van der Waals surface area contributed by atoms with Gasteiger partial charge in [0.2, 0.25) is 11.8 Å². The van der Waals surface area contributed by atoms with E-state index < -0.39 is 0 Å². The van der Waals surface area contributed by atoms with Crippen LogP contribution in [-0.2, 0) is 9.59 Å². The lowest BCUT2D eigenvalue weighted by Gasteiger charge is -2.13. The van der Waals surface area contributed by atoms with Gasteiger partial charge >= 0.3 is 0 Å². The van der Waals surface area contributed by atoms with Crippen molar-refractivity contribution >= 4 is 35.0 Å². The topological polar surface area (TPSA) is 58.2 Å². The summed E-state index contributed by atoms with van der Waals surface area (Å²) in [5.74, 6) is -0.515. The van der Waals surface area contributed by atoms with Crippen LogP contribution in [0.2, 0.25) is 0 Å². The minimum Gasteiger partial charge on any atom is -0.326 e. The summed E-state index contributed by atoms with van der Waals surface area (Å²) < 4.78 is 12.9. The molecule has 0 aliphatic carbocycles. The predicted octanol–water partition coefficient (Wildman–Crippen LogP) is 5.07. The van der Waals surface area contributed by atoms with E-state index in [9.17, 15) is 14.0 Å². The number of halogens is 1. The molecule has 138 valence electrons. The highest BCUT2D eigenvalue weighted by Crippen LogP contribution is 2.26. The summed E-state index contributed by atoms with van der Waals surface area (Å²) in [6, 6.07) is 13.1. The Hall–Kier alpha value is -2.34. The van der Waals surface area contributed by atoms with Crippen molar-refractivity contribution in [2.45, 2.75) is 43.3 Å². The molecule has 1 atom stereocenters. The number of thioether (sulfide) groups is 1. The van der Waals surface area contributed by atoms with Crippen molar-refractivity contribution in [3.8, 4) is 0 Å². The first-order valence-electron chi connectivity index (χ1n) is 8.61. The monoisotopic (exact) mass is 374 g/mol. The van der Waals surface area contributed by atoms with Gasteiger partial charge in [-0.15, -0.1) is 11.8 Å². The Balaban J connectivity index is 1.92. The summed E-state index contributed by atoms with van der Waals surface area (Å²) in [6.07, 6.45) is 2.34. The SMILES string of the molecule is CCCCC(=O)Nc1cccc(SC(C)C(=O)Nc2ccc(F)cc2)c1. The third-order valence-electron chi connectivity index (χ3n) is 3.67. The number of carbonyl (C=O) groups is 2. The maximum absolute atomic E-state index is 12.9. The van der Waals surface area contributed by atoms with Gasteiger partial charge in [0.15, 0.2) is 0 Å². The number of anilines is 2. The molecule has 0 saturated heterocycles. The van der Waals surface area contributed by atoms with Crippen LogP contribution in [0, 0.1) is 5.82 Å². The smallest absolute Gasteiger partial charge is 0.237 e. The van der Waals surface area contributed by atoms with E-state index in [4.69, 9.17) is 0 Å². The Morgan fingerprint density at radius 1 is 1.08 bits per heavy atom. The third kappa shape index (κ3) is 6.52. The van der Waals surface area contributed by atoms with Crippen LogP contribution in [0.3, 0.4) is 0 Å². The van der Waals surface area contributed by atoms with Crippen molar-refractivity contribution < 1.29 is 14.0 Å². The quantitative estimate of drug-likeness (QED) is 0.634. The number of nitrogens with one attached hydrogen (secondary N) is 2. The van der Waals surface area contributed by atoms with E-state index in [2.05, 4.69) is 10.6 Å². The molecule has 2 rings (SSSR count). The van der Waals surface area contributed by atoms with Crippen LogP contribution in [0.15, 0.2) is 53.4 Å². The van der Waals surface area contributed by atoms with Crippen molar-refractivity contribution in [3.63, 3.8) is 0 Å². The highest BCUT2D eigenvalue weighted by atomic mass is 32.2. The number of hydrogen-bond acceptors (Lipinski definition) is 3. The summed E-state index contributed by atoms with van der Waals surface area (Å²) >= 11 is 1.40. The number of unbranched alkanes of at least 4 members (excludes halogenated alkanes) is 1. The van der Waals surface area contributed by atoms with Crippen molar-refractivity contribution in [3.05, 3.63) is 54.3 Å². The molecule has 0 radical (unpaired) electrons. The molecule has 2 amide bonds. The van der Waals surface area contributed by atoms with E-state index in [1.165, 1.54) is 36.0 Å². The van der Waals surface area contributed by atoms with Gasteiger partial charge < -0.3 is 10.6 Å². The second-order valence-electron chi connectivity index (χ2n) is 5.94. The molecule has 26 heavy (non-hydrogen) atoms. The number of hydrogen-bond donors (Lipinski definition) is 2. The molecule has 0 heterocycles. The third-order valence-corrected chi connectivity index (χ3v) is 4.76. The zero-order valence-electron chi connectivity index (χ0n) is 14.9. The highest BCUT2D eigenvalue weighted by Gasteiger charge is 2.15. The van der Waals surface area contributed by atoms with Gasteiger partial charge in [-0.05, 0) is 55.8 Å². The molecule has 0 bridgehead atoms. The fourth-order valence-electron chi connectivity index (χ4n) is 2.24. The van der Waals surface area contributed by atoms with Crippen molar-refractivity contribution in [2.24, 2.45) is 0 Å². The first-order valence-corrected chi connectivity index (χ1v) is 9.49. The average Bonchev–Trinajstić information content (AvgIpc) is 2.62. The molecular weight excluding hydrogens is 351 g/mol.